The predicted octanol–water partition coefficient (Wildman–Crippen LogP) is 2.82. The van der Waals surface area contributed by atoms with Gasteiger partial charge in [0.25, 0.3) is 0 Å². The molecule has 0 unspecified atom stereocenters. The van der Waals surface area contributed by atoms with E-state index in [-0.39, 0.29) is 12.4 Å². The fourth-order valence-electron chi connectivity index (χ4n) is 2.60. The Morgan fingerprint density at radius 1 is 1.27 bits per heavy atom. The average molecular weight is 318 g/mol. The molecule has 1 N–H and O–H groups in total. The molecule has 1 aliphatic carbocycles. The second kappa shape index (κ2) is 6.24. The second-order valence-electron chi connectivity index (χ2n) is 5.66. The Balaban J connectivity index is 1.96. The highest BCUT2D eigenvalue weighted by molar-refractivity contribution is 5.78. The number of hydrogen-bond acceptors (Lipinski definition) is 2. The summed E-state index contributed by atoms with van der Waals surface area (Å²) in [5, 5.41) is 3.05. The van der Waals surface area contributed by atoms with E-state index in [1.165, 1.54) is 12.1 Å². The maximum Gasteiger partial charge on any atom is 0.406 e. The summed E-state index contributed by atoms with van der Waals surface area (Å²) < 4.78 is 49.8. The van der Waals surface area contributed by atoms with Gasteiger partial charge in [0.2, 0.25) is 5.91 Å². The van der Waals surface area contributed by atoms with E-state index in [2.05, 4.69) is 5.32 Å². The molecule has 1 amide bonds. The summed E-state index contributed by atoms with van der Waals surface area (Å²) in [6.07, 6.45) is -1.91. The minimum Gasteiger partial charge on any atom is -0.336 e. The zero-order valence-electron chi connectivity index (χ0n) is 12.2. The monoisotopic (exact) mass is 318 g/mol. The van der Waals surface area contributed by atoms with Crippen LogP contribution in [0.5, 0.6) is 0 Å². The second-order valence-corrected chi connectivity index (χ2v) is 5.66. The van der Waals surface area contributed by atoms with Crippen LogP contribution in [0, 0.1) is 5.82 Å². The number of hydrogen-bond donors (Lipinski definition) is 1. The number of amides is 1. The maximum absolute atomic E-state index is 13.0. The molecule has 3 nitrogen and oxygen atoms in total. The summed E-state index contributed by atoms with van der Waals surface area (Å²) in [4.78, 5) is 12.5. The Morgan fingerprint density at radius 3 is 2.32 bits per heavy atom. The van der Waals surface area contributed by atoms with Crippen LogP contribution >= 0.6 is 0 Å². The molecule has 1 aromatic carbocycles. The van der Waals surface area contributed by atoms with Crippen LogP contribution in [0.2, 0.25) is 0 Å². The number of nitrogens with one attached hydrogen (secondary N) is 1. The molecule has 0 aliphatic heterocycles. The minimum atomic E-state index is -4.41. The van der Waals surface area contributed by atoms with Crippen LogP contribution in [0.3, 0.4) is 0 Å². The van der Waals surface area contributed by atoms with Gasteiger partial charge in [-0.25, -0.2) is 4.39 Å². The fourth-order valence-corrected chi connectivity index (χ4v) is 2.60. The highest BCUT2D eigenvalue weighted by Crippen LogP contribution is 2.41. The Hall–Kier alpha value is -1.63. The Kier molecular flexibility index (Phi) is 4.75. The minimum absolute atomic E-state index is 0.177. The van der Waals surface area contributed by atoms with Gasteiger partial charge in [0, 0.05) is 12.6 Å². The SMILES string of the molecule is CN(CC(F)(F)F)C(=O)CNC1(c2ccc(F)cc2)CCC1. The van der Waals surface area contributed by atoms with E-state index in [1.54, 1.807) is 12.1 Å². The number of carbonyl (C=O) groups excluding carboxylic acids is 1. The number of nitrogens with zero attached hydrogens (tertiary/aromatic N) is 1. The third-order valence-electron chi connectivity index (χ3n) is 4.02. The molecule has 0 bridgehead atoms. The third-order valence-corrected chi connectivity index (χ3v) is 4.02. The van der Waals surface area contributed by atoms with Crippen molar-refractivity contribution in [1.29, 1.82) is 0 Å². The van der Waals surface area contributed by atoms with Crippen molar-refractivity contribution in [2.75, 3.05) is 20.1 Å². The lowest BCUT2D eigenvalue weighted by molar-refractivity contribution is -0.158. The van der Waals surface area contributed by atoms with Crippen LogP contribution in [0.1, 0.15) is 24.8 Å². The number of alkyl halides is 3. The molecule has 122 valence electrons. The largest absolute Gasteiger partial charge is 0.406 e. The number of benzene rings is 1. The van der Waals surface area contributed by atoms with E-state index in [4.69, 9.17) is 0 Å². The summed E-state index contributed by atoms with van der Waals surface area (Å²) >= 11 is 0. The van der Waals surface area contributed by atoms with Crippen molar-refractivity contribution in [1.82, 2.24) is 10.2 Å². The summed E-state index contributed by atoms with van der Waals surface area (Å²) in [6.45, 7) is -1.44. The van der Waals surface area contributed by atoms with E-state index in [0.717, 1.165) is 31.9 Å². The maximum atomic E-state index is 13.0. The predicted molar refractivity (Wildman–Crippen MR) is 73.6 cm³/mol. The molecule has 2 rings (SSSR count). The molecule has 0 radical (unpaired) electrons. The highest BCUT2D eigenvalue weighted by Gasteiger charge is 2.39. The summed E-state index contributed by atoms with van der Waals surface area (Å²) in [7, 11) is 1.13. The summed E-state index contributed by atoms with van der Waals surface area (Å²) in [5.74, 6) is -0.968. The van der Waals surface area contributed by atoms with Gasteiger partial charge in [-0.05, 0) is 37.0 Å². The molecule has 0 spiro atoms. The smallest absolute Gasteiger partial charge is 0.336 e. The molecular formula is C15H18F4N2O. The van der Waals surface area contributed by atoms with Crippen LogP contribution in [-0.4, -0.2) is 37.1 Å². The number of halogens is 4. The number of likely N-dealkylation sites (N-methyl/N-ethyl adjacent to an activating group) is 1. The van der Waals surface area contributed by atoms with E-state index in [9.17, 15) is 22.4 Å². The van der Waals surface area contributed by atoms with E-state index >= 15 is 0 Å². The van der Waals surface area contributed by atoms with Gasteiger partial charge in [-0.3, -0.25) is 10.1 Å². The molecule has 22 heavy (non-hydrogen) atoms. The summed E-state index contributed by atoms with van der Waals surface area (Å²) in [5.41, 5.74) is 0.411. The molecule has 7 heteroatoms. The Labute approximate surface area is 126 Å². The first-order chi connectivity index (χ1) is 10.2. The van der Waals surface area contributed by atoms with Crippen LogP contribution in [0.25, 0.3) is 0 Å². The lowest BCUT2D eigenvalue weighted by atomic mass is 9.72. The topological polar surface area (TPSA) is 32.3 Å². The van der Waals surface area contributed by atoms with Gasteiger partial charge in [-0.15, -0.1) is 0 Å². The zero-order chi connectivity index (χ0) is 16.4. The molecule has 0 atom stereocenters. The lowest BCUT2D eigenvalue weighted by Gasteiger charge is -2.43. The fraction of sp³-hybridized carbons (Fsp3) is 0.533. The Bertz CT molecular complexity index is 523. The van der Waals surface area contributed by atoms with Crippen molar-refractivity contribution in [2.45, 2.75) is 31.0 Å². The zero-order valence-corrected chi connectivity index (χ0v) is 12.2. The first-order valence-corrected chi connectivity index (χ1v) is 7.04. The van der Waals surface area contributed by atoms with Crippen LogP contribution in [0.15, 0.2) is 24.3 Å². The third kappa shape index (κ3) is 3.97. The molecule has 0 saturated heterocycles. The molecule has 0 aromatic heterocycles. The first-order valence-electron chi connectivity index (χ1n) is 7.04. The Morgan fingerprint density at radius 2 is 1.86 bits per heavy atom. The van der Waals surface area contributed by atoms with Crippen LogP contribution in [0.4, 0.5) is 17.6 Å². The van der Waals surface area contributed by atoms with Gasteiger partial charge in [0.15, 0.2) is 0 Å². The standard InChI is InChI=1S/C15H18F4N2O/c1-21(10-15(17,18)19)13(22)9-20-14(7-2-8-14)11-3-5-12(16)6-4-11/h3-6,20H,2,7-10H2,1H3. The number of rotatable bonds is 5. The van der Waals surface area contributed by atoms with Gasteiger partial charge in [0.1, 0.15) is 12.4 Å². The normalized spacial score (nSPS) is 17.0. The van der Waals surface area contributed by atoms with E-state index < -0.39 is 24.2 Å². The van der Waals surface area contributed by atoms with E-state index in [0.29, 0.717) is 4.90 Å². The van der Waals surface area contributed by atoms with Crippen molar-refractivity contribution >= 4 is 5.91 Å². The molecular weight excluding hydrogens is 300 g/mol. The van der Waals surface area contributed by atoms with Crippen LogP contribution in [-0.2, 0) is 10.3 Å². The van der Waals surface area contributed by atoms with Crippen molar-refractivity contribution in [3.8, 4) is 0 Å². The molecule has 1 aliphatic rings. The van der Waals surface area contributed by atoms with Gasteiger partial charge >= 0.3 is 6.18 Å². The first kappa shape index (κ1) is 16.7. The van der Waals surface area contributed by atoms with Gasteiger partial charge < -0.3 is 4.90 Å². The average Bonchev–Trinajstić information content (AvgIpc) is 2.37. The summed E-state index contributed by atoms with van der Waals surface area (Å²) in [6, 6.07) is 5.97. The van der Waals surface area contributed by atoms with Gasteiger partial charge in [0.05, 0.1) is 6.54 Å². The van der Waals surface area contributed by atoms with E-state index in [1.807, 2.05) is 0 Å². The van der Waals surface area contributed by atoms with Crippen LogP contribution < -0.4 is 5.32 Å². The van der Waals surface area contributed by atoms with Crippen molar-refractivity contribution < 1.29 is 22.4 Å². The van der Waals surface area contributed by atoms with Gasteiger partial charge in [-0.2, -0.15) is 13.2 Å². The molecule has 0 heterocycles. The highest BCUT2D eigenvalue weighted by atomic mass is 19.4. The molecule has 1 fully saturated rings. The molecule has 1 saturated carbocycles. The lowest BCUT2D eigenvalue weighted by Crippen LogP contribution is -2.52. The number of carbonyl (C=O) groups is 1. The van der Waals surface area contributed by atoms with Crippen molar-refractivity contribution in [2.24, 2.45) is 0 Å². The van der Waals surface area contributed by atoms with Crippen molar-refractivity contribution in [3.63, 3.8) is 0 Å². The molecule has 1 aromatic rings. The quantitative estimate of drug-likeness (QED) is 0.847. The van der Waals surface area contributed by atoms with Crippen molar-refractivity contribution in [3.05, 3.63) is 35.6 Å². The van der Waals surface area contributed by atoms with Gasteiger partial charge in [-0.1, -0.05) is 12.1 Å².